The highest BCUT2D eigenvalue weighted by molar-refractivity contribution is 5.86. The van der Waals surface area contributed by atoms with E-state index in [9.17, 15) is 9.59 Å². The highest BCUT2D eigenvalue weighted by Crippen LogP contribution is 2.07. The number of hydrogen-bond acceptors (Lipinski definition) is 4. The van der Waals surface area contributed by atoms with E-state index >= 15 is 0 Å². The van der Waals surface area contributed by atoms with E-state index in [-0.39, 0.29) is 18.0 Å². The molecule has 1 amide bonds. The van der Waals surface area contributed by atoms with Gasteiger partial charge in [0.15, 0.2) is 5.69 Å². The topological polar surface area (TPSA) is 97.1 Å². The molecule has 17 heavy (non-hydrogen) atoms. The maximum atomic E-state index is 11.3. The van der Waals surface area contributed by atoms with Crippen molar-refractivity contribution in [3.05, 3.63) is 11.4 Å². The monoisotopic (exact) mass is 240 g/mol. The second kappa shape index (κ2) is 5.97. The van der Waals surface area contributed by atoms with Gasteiger partial charge in [-0.05, 0) is 13.3 Å². The molecule has 0 aliphatic rings. The first-order valence-electron chi connectivity index (χ1n) is 5.52. The summed E-state index contributed by atoms with van der Waals surface area (Å²) in [6, 6.07) is 0. The SMILES string of the molecule is CCNC(=O)CCn1nnc(C(=O)O)c1CC. The zero-order chi connectivity index (χ0) is 12.8. The molecule has 94 valence electrons. The van der Waals surface area contributed by atoms with Crippen molar-refractivity contribution < 1.29 is 14.7 Å². The van der Waals surface area contributed by atoms with Crippen molar-refractivity contribution >= 4 is 11.9 Å². The third kappa shape index (κ3) is 3.27. The fraction of sp³-hybridized carbons (Fsp3) is 0.600. The first-order chi connectivity index (χ1) is 8.10. The summed E-state index contributed by atoms with van der Waals surface area (Å²) in [6.07, 6.45) is 0.785. The summed E-state index contributed by atoms with van der Waals surface area (Å²) in [5.74, 6) is -1.17. The van der Waals surface area contributed by atoms with Gasteiger partial charge in [0, 0.05) is 13.0 Å². The fourth-order valence-corrected chi connectivity index (χ4v) is 1.52. The summed E-state index contributed by atoms with van der Waals surface area (Å²) in [7, 11) is 0. The molecular formula is C10H16N4O3. The lowest BCUT2D eigenvalue weighted by molar-refractivity contribution is -0.121. The van der Waals surface area contributed by atoms with Crippen LogP contribution in [0.25, 0.3) is 0 Å². The molecule has 0 aromatic carbocycles. The molecule has 1 aromatic rings. The van der Waals surface area contributed by atoms with E-state index in [1.807, 2.05) is 13.8 Å². The molecule has 2 N–H and O–H groups in total. The van der Waals surface area contributed by atoms with E-state index in [0.717, 1.165) is 0 Å². The number of nitrogens with zero attached hydrogens (tertiary/aromatic N) is 3. The number of rotatable bonds is 6. The Labute approximate surface area is 98.8 Å². The standard InChI is InChI=1S/C10H16N4O3/c1-3-7-9(10(16)17)12-13-14(7)6-5-8(15)11-4-2/h3-6H2,1-2H3,(H,11,15)(H,16,17). The van der Waals surface area contributed by atoms with Crippen LogP contribution in [0.2, 0.25) is 0 Å². The van der Waals surface area contributed by atoms with Crippen LogP contribution in [0, 0.1) is 0 Å². The Morgan fingerprint density at radius 1 is 1.41 bits per heavy atom. The largest absolute Gasteiger partial charge is 0.476 e. The fourth-order valence-electron chi connectivity index (χ4n) is 1.52. The minimum Gasteiger partial charge on any atom is -0.476 e. The molecule has 0 saturated heterocycles. The molecule has 0 bridgehead atoms. The van der Waals surface area contributed by atoms with Crippen LogP contribution in [0.5, 0.6) is 0 Å². The van der Waals surface area contributed by atoms with Crippen LogP contribution in [0.4, 0.5) is 0 Å². The van der Waals surface area contributed by atoms with Crippen molar-refractivity contribution in [2.45, 2.75) is 33.2 Å². The highest BCUT2D eigenvalue weighted by Gasteiger charge is 2.17. The highest BCUT2D eigenvalue weighted by atomic mass is 16.4. The molecule has 1 heterocycles. The molecule has 0 atom stereocenters. The van der Waals surface area contributed by atoms with Gasteiger partial charge in [-0.25, -0.2) is 9.48 Å². The number of aryl methyl sites for hydroxylation is 1. The summed E-state index contributed by atoms with van der Waals surface area (Å²) in [5.41, 5.74) is 0.505. The van der Waals surface area contributed by atoms with Crippen LogP contribution in [-0.2, 0) is 17.8 Å². The zero-order valence-corrected chi connectivity index (χ0v) is 9.93. The first-order valence-corrected chi connectivity index (χ1v) is 5.52. The summed E-state index contributed by atoms with van der Waals surface area (Å²) in [5, 5.41) is 18.9. The molecule has 1 aromatic heterocycles. The molecule has 0 spiro atoms. The van der Waals surface area contributed by atoms with Gasteiger partial charge in [0.25, 0.3) is 0 Å². The van der Waals surface area contributed by atoms with Crippen molar-refractivity contribution in [2.24, 2.45) is 0 Å². The number of aromatic nitrogens is 3. The van der Waals surface area contributed by atoms with E-state index in [1.165, 1.54) is 4.68 Å². The zero-order valence-electron chi connectivity index (χ0n) is 9.93. The summed E-state index contributed by atoms with van der Waals surface area (Å²) >= 11 is 0. The van der Waals surface area contributed by atoms with Crippen molar-refractivity contribution in [1.29, 1.82) is 0 Å². The number of hydrogen-bond donors (Lipinski definition) is 2. The molecule has 0 unspecified atom stereocenters. The van der Waals surface area contributed by atoms with Crippen LogP contribution in [0.1, 0.15) is 36.5 Å². The van der Waals surface area contributed by atoms with Gasteiger partial charge in [-0.3, -0.25) is 4.79 Å². The minimum atomic E-state index is -1.09. The molecular weight excluding hydrogens is 224 g/mol. The van der Waals surface area contributed by atoms with E-state index in [1.54, 1.807) is 0 Å². The molecule has 1 rings (SSSR count). The smallest absolute Gasteiger partial charge is 0.358 e. The van der Waals surface area contributed by atoms with Gasteiger partial charge in [0.2, 0.25) is 5.91 Å². The van der Waals surface area contributed by atoms with Gasteiger partial charge in [0.05, 0.1) is 12.2 Å². The van der Waals surface area contributed by atoms with E-state index in [4.69, 9.17) is 5.11 Å². The van der Waals surface area contributed by atoms with E-state index in [0.29, 0.717) is 25.2 Å². The third-order valence-corrected chi connectivity index (χ3v) is 2.30. The van der Waals surface area contributed by atoms with Gasteiger partial charge >= 0.3 is 5.97 Å². The number of carbonyl (C=O) groups is 2. The maximum Gasteiger partial charge on any atom is 0.358 e. The molecule has 7 nitrogen and oxygen atoms in total. The predicted molar refractivity (Wildman–Crippen MR) is 59.7 cm³/mol. The minimum absolute atomic E-state index is 0.0385. The molecule has 0 aliphatic carbocycles. The van der Waals surface area contributed by atoms with Crippen LogP contribution in [0.15, 0.2) is 0 Å². The Morgan fingerprint density at radius 2 is 2.12 bits per heavy atom. The van der Waals surface area contributed by atoms with Crippen molar-refractivity contribution in [3.8, 4) is 0 Å². The van der Waals surface area contributed by atoms with Crippen molar-refractivity contribution in [2.75, 3.05) is 6.54 Å². The summed E-state index contributed by atoms with van der Waals surface area (Å²) in [4.78, 5) is 22.1. The maximum absolute atomic E-state index is 11.3. The molecule has 0 saturated carbocycles. The van der Waals surface area contributed by atoms with Gasteiger partial charge in [-0.1, -0.05) is 12.1 Å². The lowest BCUT2D eigenvalue weighted by Gasteiger charge is -2.05. The van der Waals surface area contributed by atoms with Crippen molar-refractivity contribution in [3.63, 3.8) is 0 Å². The van der Waals surface area contributed by atoms with Gasteiger partial charge in [-0.15, -0.1) is 5.10 Å². The van der Waals surface area contributed by atoms with E-state index in [2.05, 4.69) is 15.6 Å². The molecule has 7 heteroatoms. The number of carbonyl (C=O) groups excluding carboxylic acids is 1. The van der Waals surface area contributed by atoms with Crippen molar-refractivity contribution in [1.82, 2.24) is 20.3 Å². The first kappa shape index (κ1) is 13.1. The summed E-state index contributed by atoms with van der Waals surface area (Å²) < 4.78 is 1.47. The second-order valence-corrected chi connectivity index (χ2v) is 3.47. The quantitative estimate of drug-likeness (QED) is 0.733. The Kier molecular flexibility index (Phi) is 4.62. The van der Waals surface area contributed by atoms with Crippen LogP contribution in [0.3, 0.4) is 0 Å². The number of amides is 1. The lowest BCUT2D eigenvalue weighted by Crippen LogP contribution is -2.24. The summed E-state index contributed by atoms with van der Waals surface area (Å²) in [6.45, 7) is 4.59. The Hall–Kier alpha value is -1.92. The van der Waals surface area contributed by atoms with Crippen LogP contribution in [-0.4, -0.2) is 38.5 Å². The Morgan fingerprint density at radius 3 is 2.65 bits per heavy atom. The van der Waals surface area contributed by atoms with Gasteiger partial charge < -0.3 is 10.4 Å². The lowest BCUT2D eigenvalue weighted by atomic mass is 10.2. The number of nitrogens with one attached hydrogen (secondary N) is 1. The molecule has 0 radical (unpaired) electrons. The van der Waals surface area contributed by atoms with E-state index < -0.39 is 5.97 Å². The molecule has 0 aliphatic heterocycles. The predicted octanol–water partition coefficient (Wildman–Crippen LogP) is 0.0649. The Bertz CT molecular complexity index is 414. The number of aromatic carboxylic acids is 1. The van der Waals surface area contributed by atoms with Gasteiger partial charge in [0.1, 0.15) is 0 Å². The Balaban J connectivity index is 2.71. The molecule has 0 fully saturated rings. The number of carboxylic acids is 1. The second-order valence-electron chi connectivity index (χ2n) is 3.47. The van der Waals surface area contributed by atoms with Gasteiger partial charge in [-0.2, -0.15) is 0 Å². The van der Waals surface area contributed by atoms with Crippen LogP contribution < -0.4 is 5.32 Å². The van der Waals surface area contributed by atoms with Crippen LogP contribution >= 0.6 is 0 Å². The average molecular weight is 240 g/mol. The number of carboxylic acid groups (broad SMARTS) is 1. The normalized spacial score (nSPS) is 10.2. The average Bonchev–Trinajstić information content (AvgIpc) is 2.69. The third-order valence-electron chi connectivity index (χ3n) is 2.30.